The van der Waals surface area contributed by atoms with Crippen LogP contribution in [0.25, 0.3) is 0 Å². The van der Waals surface area contributed by atoms with Gasteiger partial charge in [0.25, 0.3) is 0 Å². The molecule has 0 aliphatic rings. The largest absolute Gasteiger partial charge is 0.147 e. The molecule has 0 spiro atoms. The van der Waals surface area contributed by atoms with Crippen LogP contribution in [0.15, 0.2) is 0 Å². The topological polar surface area (TPSA) is 12.5 Å². The second kappa shape index (κ2) is 18.6. The Bertz CT molecular complexity index is 112. The molecule has 0 heterocycles. The molecule has 0 rings (SSSR count). The molecule has 0 fully saturated rings. The number of rotatable bonds is 10. The van der Waals surface area contributed by atoms with Crippen molar-refractivity contribution in [1.82, 2.24) is 3.38 Å². The van der Waals surface area contributed by atoms with Gasteiger partial charge in [-0.15, -0.1) is 24.8 Å². The zero-order valence-corrected chi connectivity index (χ0v) is 14.0. The van der Waals surface area contributed by atoms with Gasteiger partial charge in [-0.2, -0.15) is 0 Å². The summed E-state index contributed by atoms with van der Waals surface area (Å²) in [7, 11) is 0. The Morgan fingerprint density at radius 1 is 0.875 bits per heavy atom. The molecule has 0 saturated carbocycles. The number of nitrogens with zero attached hydrogens (tertiary/aromatic N) is 1. The van der Waals surface area contributed by atoms with Crippen LogP contribution >= 0.6 is 24.8 Å². The molecule has 0 atom stereocenters. The molecule has 0 N–H and O–H groups in total. The quantitative estimate of drug-likeness (QED) is 0.445. The van der Waals surface area contributed by atoms with E-state index in [0.717, 1.165) is 13.0 Å². The van der Waals surface area contributed by atoms with E-state index >= 15 is 0 Å². The molecule has 16 heavy (non-hydrogen) atoms. The third kappa shape index (κ3) is 15.2. The number of unbranched alkanes of at least 4 members (excludes halogenated alkanes) is 2. The predicted molar refractivity (Wildman–Crippen MR) is 72.1 cm³/mol. The minimum Gasteiger partial charge on any atom is -0.147 e. The Morgan fingerprint density at radius 3 is 1.75 bits per heavy atom. The molecule has 0 unspecified atom stereocenters. The SMILES string of the molecule is CCCC[N](CCCC)[Ti][O]CCC.Cl.Cl. The van der Waals surface area contributed by atoms with Crippen LogP contribution in [0.5, 0.6) is 0 Å². The summed E-state index contributed by atoms with van der Waals surface area (Å²) in [6, 6.07) is 0. The second-order valence-corrected chi connectivity index (χ2v) is 5.36. The van der Waals surface area contributed by atoms with Gasteiger partial charge in [0.15, 0.2) is 0 Å². The van der Waals surface area contributed by atoms with Gasteiger partial charge in [-0.1, -0.05) is 0 Å². The average molecular weight is 308 g/mol. The van der Waals surface area contributed by atoms with Crippen molar-refractivity contribution in [2.24, 2.45) is 0 Å². The molecular formula is C11H27Cl2NOTi. The van der Waals surface area contributed by atoms with E-state index in [2.05, 4.69) is 24.2 Å². The third-order valence-corrected chi connectivity index (χ3v) is 3.68. The van der Waals surface area contributed by atoms with E-state index < -0.39 is 0 Å². The smallest absolute Gasteiger partial charge is 0.147 e. The molecular weight excluding hydrogens is 281 g/mol. The molecule has 0 aromatic heterocycles. The molecule has 0 aromatic carbocycles. The van der Waals surface area contributed by atoms with E-state index in [1.807, 2.05) is 0 Å². The first-order chi connectivity index (χ1) is 6.85. The number of hydrogen-bond acceptors (Lipinski definition) is 2. The summed E-state index contributed by atoms with van der Waals surface area (Å²) in [4.78, 5) is 0. The van der Waals surface area contributed by atoms with Gasteiger partial charge in [-0.3, -0.25) is 0 Å². The molecule has 2 nitrogen and oxygen atoms in total. The Kier molecular flexibility index (Phi) is 26.0. The molecule has 0 aliphatic heterocycles. The molecule has 0 bridgehead atoms. The first-order valence-electron chi connectivity index (χ1n) is 5.97. The maximum absolute atomic E-state index is 5.69. The molecule has 0 saturated heterocycles. The van der Waals surface area contributed by atoms with Gasteiger partial charge >= 0.3 is 99.1 Å². The van der Waals surface area contributed by atoms with Gasteiger partial charge in [0, 0.05) is 0 Å². The van der Waals surface area contributed by atoms with Crippen LogP contribution in [0, 0.1) is 0 Å². The fourth-order valence-corrected chi connectivity index (χ4v) is 2.67. The van der Waals surface area contributed by atoms with Crippen molar-refractivity contribution in [2.45, 2.75) is 52.9 Å². The minimum absolute atomic E-state index is 0. The summed E-state index contributed by atoms with van der Waals surface area (Å²) in [6.07, 6.45) is 6.38. The number of hydrogen-bond donors (Lipinski definition) is 0. The van der Waals surface area contributed by atoms with Gasteiger partial charge in [0.2, 0.25) is 0 Å². The van der Waals surface area contributed by atoms with E-state index in [-0.39, 0.29) is 44.6 Å². The van der Waals surface area contributed by atoms with Gasteiger partial charge in [-0.25, -0.2) is 0 Å². The maximum atomic E-state index is 5.69. The maximum Gasteiger partial charge on any atom is -0.147 e. The van der Waals surface area contributed by atoms with E-state index in [1.165, 1.54) is 38.8 Å². The van der Waals surface area contributed by atoms with E-state index in [9.17, 15) is 0 Å². The van der Waals surface area contributed by atoms with Crippen LogP contribution in [-0.4, -0.2) is 23.1 Å². The zero-order chi connectivity index (χ0) is 10.6. The van der Waals surface area contributed by atoms with Crippen molar-refractivity contribution < 1.29 is 23.1 Å². The van der Waals surface area contributed by atoms with Crippen LogP contribution in [0.4, 0.5) is 0 Å². The summed E-state index contributed by atoms with van der Waals surface area (Å²) in [5, 5.41) is 0. The summed E-state index contributed by atoms with van der Waals surface area (Å²) in [5.41, 5.74) is 0. The van der Waals surface area contributed by atoms with Crippen LogP contribution in [-0.2, 0) is 23.1 Å². The van der Waals surface area contributed by atoms with Gasteiger partial charge in [-0.05, 0) is 0 Å². The Labute approximate surface area is 123 Å². The standard InChI is InChI=1S/C8H18N.C3H7O.2ClH.Ti/c1-3-5-7-9-8-6-4-2;1-2-3-4;;;/h3-8H2,1-2H3;2-3H2,1H3;2*1H;/q2*-1;;;+2. The Hall–Kier alpha value is 1.21. The monoisotopic (exact) mass is 307 g/mol. The summed E-state index contributed by atoms with van der Waals surface area (Å²) in [5.74, 6) is 0. The van der Waals surface area contributed by atoms with Gasteiger partial charge in [0.05, 0.1) is 0 Å². The van der Waals surface area contributed by atoms with Crippen molar-refractivity contribution >= 4 is 24.8 Å². The predicted octanol–water partition coefficient (Wildman–Crippen LogP) is 4.07. The second-order valence-electron chi connectivity index (χ2n) is 3.63. The van der Waals surface area contributed by atoms with Crippen molar-refractivity contribution in [2.75, 3.05) is 19.7 Å². The molecule has 100 valence electrons. The molecule has 0 aromatic rings. The average Bonchev–Trinajstić information content (AvgIpc) is 2.21. The first kappa shape index (κ1) is 22.4. The molecule has 0 aliphatic carbocycles. The Balaban J connectivity index is -0.000000845. The first-order valence-corrected chi connectivity index (χ1v) is 7.31. The number of halogens is 2. The molecule has 0 radical (unpaired) electrons. The molecule has 5 heteroatoms. The van der Waals surface area contributed by atoms with Gasteiger partial charge in [0.1, 0.15) is 0 Å². The van der Waals surface area contributed by atoms with Crippen LogP contribution < -0.4 is 0 Å². The minimum atomic E-state index is -0.271. The summed E-state index contributed by atoms with van der Waals surface area (Å²) >= 11 is -0.271. The van der Waals surface area contributed by atoms with Crippen LogP contribution in [0.2, 0.25) is 0 Å². The van der Waals surface area contributed by atoms with Crippen molar-refractivity contribution in [3.8, 4) is 0 Å². The summed E-state index contributed by atoms with van der Waals surface area (Å²) in [6.45, 7) is 10.1. The van der Waals surface area contributed by atoms with Crippen LogP contribution in [0.1, 0.15) is 52.9 Å². The normalized spacial score (nSPS) is 9.50. The summed E-state index contributed by atoms with van der Waals surface area (Å²) < 4.78 is 8.25. The third-order valence-electron chi connectivity index (χ3n) is 2.06. The Morgan fingerprint density at radius 2 is 1.38 bits per heavy atom. The van der Waals surface area contributed by atoms with Gasteiger partial charge < -0.3 is 0 Å². The van der Waals surface area contributed by atoms with Crippen molar-refractivity contribution in [1.29, 1.82) is 0 Å². The van der Waals surface area contributed by atoms with E-state index in [0.29, 0.717) is 0 Å². The van der Waals surface area contributed by atoms with E-state index in [4.69, 9.17) is 3.32 Å². The fourth-order valence-electron chi connectivity index (χ4n) is 1.14. The van der Waals surface area contributed by atoms with E-state index in [1.54, 1.807) is 0 Å². The zero-order valence-electron chi connectivity index (χ0n) is 10.8. The van der Waals surface area contributed by atoms with Crippen molar-refractivity contribution in [3.05, 3.63) is 0 Å². The fraction of sp³-hybridized carbons (Fsp3) is 1.00. The molecule has 0 amide bonds. The van der Waals surface area contributed by atoms with Crippen LogP contribution in [0.3, 0.4) is 0 Å². The van der Waals surface area contributed by atoms with Crippen molar-refractivity contribution in [3.63, 3.8) is 0 Å².